The maximum atomic E-state index is 7.26. The van der Waals surface area contributed by atoms with Gasteiger partial charge in [-0.25, -0.2) is 0 Å². The van der Waals surface area contributed by atoms with Crippen LogP contribution in [0.15, 0.2) is 96.2 Å². The second-order valence-electron chi connectivity index (χ2n) is 14.0. The molecule has 0 aromatic heterocycles. The molecule has 7 nitrogen and oxygen atoms in total. The Labute approximate surface area is 306 Å². The standard InChI is InChI=1S/C30H34NO6.3C4H9.Sn/c1-30(2)36-27(19-32)29(37-30)28(34-21-24-14-8-4-9-15-24)26(33-20-23-12-6-3-7-13-23)18-31-35-22-25-16-10-5-11-17-25;3*1-3-4-2;/h3-18,26-29H,19-22H2,1-2H3;3*1,3-4H2,2H3;/q-1;;;;+1/b31-18-;;;;. The number of rotatable bonds is 24. The van der Waals surface area contributed by atoms with E-state index in [9.17, 15) is 0 Å². The molecular formula is C42H61NO6Sn. The molecule has 1 fully saturated rings. The third kappa shape index (κ3) is 13.7. The summed E-state index contributed by atoms with van der Waals surface area (Å²) in [6.45, 7) is 12.4. The van der Waals surface area contributed by atoms with E-state index in [0.29, 0.717) is 26.4 Å². The molecule has 0 saturated carbocycles. The molecule has 4 atom stereocenters. The molecule has 1 heterocycles. The van der Waals surface area contributed by atoms with Gasteiger partial charge >= 0.3 is 290 Å². The summed E-state index contributed by atoms with van der Waals surface area (Å²) in [7, 11) is 0. The Kier molecular flexibility index (Phi) is 17.8. The molecular weight excluding hydrogens is 733 g/mol. The molecule has 8 heteroatoms. The number of ether oxygens (including phenoxy) is 4. The van der Waals surface area contributed by atoms with Gasteiger partial charge in [-0.3, -0.25) is 0 Å². The van der Waals surface area contributed by atoms with Crippen molar-refractivity contribution in [2.75, 3.05) is 6.61 Å². The fourth-order valence-corrected chi connectivity index (χ4v) is 19.9. The van der Waals surface area contributed by atoms with E-state index in [0.717, 1.165) is 16.7 Å². The Morgan fingerprint density at radius 3 is 1.66 bits per heavy atom. The van der Waals surface area contributed by atoms with Gasteiger partial charge in [0, 0.05) is 0 Å². The Bertz CT molecular complexity index is 1320. The summed E-state index contributed by atoms with van der Waals surface area (Å²) in [6, 6.07) is 30.4. The van der Waals surface area contributed by atoms with Crippen molar-refractivity contribution in [3.05, 3.63) is 108 Å². The van der Waals surface area contributed by atoms with Crippen molar-refractivity contribution < 1.29 is 26.9 Å². The molecule has 1 aliphatic heterocycles. The Morgan fingerprint density at radius 2 is 1.16 bits per heavy atom. The number of hydrogen-bond donors (Lipinski definition) is 0. The summed E-state index contributed by atoms with van der Waals surface area (Å²) in [5.41, 5.74) is 3.17. The van der Waals surface area contributed by atoms with Crippen LogP contribution in [0.4, 0.5) is 0 Å². The van der Waals surface area contributed by atoms with Crippen molar-refractivity contribution in [2.24, 2.45) is 5.16 Å². The van der Waals surface area contributed by atoms with Gasteiger partial charge in [-0.15, -0.1) is 0 Å². The van der Waals surface area contributed by atoms with Gasteiger partial charge in [0.25, 0.3) is 0 Å². The summed E-state index contributed by atoms with van der Waals surface area (Å²) >= 11 is -2.94. The van der Waals surface area contributed by atoms with Crippen LogP contribution in [0.2, 0.25) is 13.3 Å². The third-order valence-corrected chi connectivity index (χ3v) is 22.4. The second-order valence-corrected chi connectivity index (χ2v) is 25.8. The third-order valence-electron chi connectivity index (χ3n) is 9.31. The number of unbranched alkanes of at least 4 members (excludes halogenated alkanes) is 3. The van der Waals surface area contributed by atoms with Crippen LogP contribution < -0.4 is 0 Å². The van der Waals surface area contributed by atoms with E-state index in [4.69, 9.17) is 26.9 Å². The summed E-state index contributed by atoms with van der Waals surface area (Å²) < 4.78 is 37.9. The van der Waals surface area contributed by atoms with E-state index in [2.05, 4.69) is 50.2 Å². The Balaban J connectivity index is 1.63. The normalized spacial score (nSPS) is 18.7. The molecule has 4 unspecified atom stereocenters. The molecule has 0 N–H and O–H groups in total. The second kappa shape index (κ2) is 21.9. The molecule has 1 aliphatic rings. The van der Waals surface area contributed by atoms with E-state index < -0.39 is 42.9 Å². The molecule has 50 heavy (non-hydrogen) atoms. The average molecular weight is 795 g/mol. The molecule has 3 aromatic rings. The van der Waals surface area contributed by atoms with Crippen molar-refractivity contribution in [2.45, 2.75) is 136 Å². The van der Waals surface area contributed by atoms with Crippen LogP contribution in [0.1, 0.15) is 89.8 Å². The summed E-state index contributed by atoms with van der Waals surface area (Å²) in [5.74, 6) is -0.813. The van der Waals surface area contributed by atoms with Gasteiger partial charge in [-0.2, -0.15) is 0 Å². The van der Waals surface area contributed by atoms with Crippen molar-refractivity contribution in [3.8, 4) is 0 Å². The summed E-state index contributed by atoms with van der Waals surface area (Å²) in [4.78, 5) is 5.80. The van der Waals surface area contributed by atoms with E-state index in [1.807, 2.05) is 80.6 Å². The molecule has 4 rings (SSSR count). The van der Waals surface area contributed by atoms with Crippen molar-refractivity contribution >= 4 is 25.0 Å². The first-order valence-corrected chi connectivity index (χ1v) is 26.1. The molecule has 0 aliphatic carbocycles. The van der Waals surface area contributed by atoms with Gasteiger partial charge in [-0.1, -0.05) is 18.2 Å². The first-order chi connectivity index (χ1) is 24.4. The maximum absolute atomic E-state index is 7.26. The summed E-state index contributed by atoms with van der Waals surface area (Å²) in [5, 5.41) is 4.43. The Morgan fingerprint density at radius 1 is 0.680 bits per heavy atom. The van der Waals surface area contributed by atoms with Crippen LogP contribution >= 0.6 is 0 Å². The van der Waals surface area contributed by atoms with Gasteiger partial charge in [0.1, 0.15) is 0 Å². The predicted molar refractivity (Wildman–Crippen MR) is 204 cm³/mol. The fraction of sp³-hybridized carbons (Fsp3) is 0.548. The van der Waals surface area contributed by atoms with Crippen molar-refractivity contribution in [3.63, 3.8) is 0 Å². The molecule has 274 valence electrons. The van der Waals surface area contributed by atoms with Crippen LogP contribution in [-0.4, -0.2) is 61.8 Å². The van der Waals surface area contributed by atoms with E-state index in [-0.39, 0.29) is 6.10 Å². The fourth-order valence-electron chi connectivity index (χ4n) is 6.54. The van der Waals surface area contributed by atoms with Gasteiger partial charge in [0.15, 0.2) is 0 Å². The molecule has 0 spiro atoms. The zero-order valence-electron chi connectivity index (χ0n) is 31.1. The monoisotopic (exact) mass is 795 g/mol. The summed E-state index contributed by atoms with van der Waals surface area (Å²) in [6.07, 6.45) is 7.09. The molecule has 0 bridgehead atoms. The zero-order chi connectivity index (χ0) is 35.5. The van der Waals surface area contributed by atoms with E-state index in [1.165, 1.54) is 51.8 Å². The number of nitrogens with zero attached hydrogens (tertiary/aromatic N) is 1. The van der Waals surface area contributed by atoms with Crippen LogP contribution in [0.25, 0.3) is 0 Å². The topological polar surface area (TPSA) is 67.7 Å². The van der Waals surface area contributed by atoms with Crippen LogP contribution in [0.3, 0.4) is 0 Å². The molecule has 1 saturated heterocycles. The molecule has 3 aromatic carbocycles. The van der Waals surface area contributed by atoms with Crippen LogP contribution in [-0.2, 0) is 46.7 Å². The molecule has 0 radical (unpaired) electrons. The zero-order valence-corrected chi connectivity index (χ0v) is 34.0. The van der Waals surface area contributed by atoms with E-state index >= 15 is 0 Å². The van der Waals surface area contributed by atoms with Crippen LogP contribution in [0, 0.1) is 0 Å². The van der Waals surface area contributed by atoms with E-state index in [1.54, 1.807) is 6.21 Å². The number of hydrogen-bond acceptors (Lipinski definition) is 7. The first-order valence-electron chi connectivity index (χ1n) is 18.9. The number of oxime groups is 1. The van der Waals surface area contributed by atoms with Gasteiger partial charge < -0.3 is 0 Å². The van der Waals surface area contributed by atoms with Gasteiger partial charge in [0.05, 0.1) is 0 Å². The minimum absolute atomic E-state index is 0.326. The average Bonchev–Trinajstić information content (AvgIpc) is 3.46. The number of benzene rings is 3. The van der Waals surface area contributed by atoms with Gasteiger partial charge in [-0.05, 0) is 0 Å². The van der Waals surface area contributed by atoms with Crippen LogP contribution in [0.5, 0.6) is 0 Å². The van der Waals surface area contributed by atoms with Crippen molar-refractivity contribution in [1.29, 1.82) is 0 Å². The minimum atomic E-state index is -2.94. The molecule has 0 amide bonds. The Hall–Kier alpha value is -2.27. The van der Waals surface area contributed by atoms with Crippen molar-refractivity contribution in [1.82, 2.24) is 0 Å². The SMILES string of the molecule is CCC[CH2][Sn]([CH2]CCC)([CH2]CCC)[O]CC1OC(C)(C)OC1C(OCc1ccccc1)C(/C=N\OCc1ccccc1)OCc1ccccc1. The first kappa shape index (κ1) is 40.5. The quantitative estimate of drug-likeness (QED) is 0.0511. The van der Waals surface area contributed by atoms with Gasteiger partial charge in [0.2, 0.25) is 0 Å². The predicted octanol–water partition coefficient (Wildman–Crippen LogP) is 10.2.